The van der Waals surface area contributed by atoms with Crippen LogP contribution in [0.3, 0.4) is 0 Å². The molecule has 5 heteroatoms. The summed E-state index contributed by atoms with van der Waals surface area (Å²) in [5, 5.41) is 3.28. The van der Waals surface area contributed by atoms with Crippen LogP contribution in [0.4, 0.5) is 10.3 Å². The van der Waals surface area contributed by atoms with E-state index in [9.17, 15) is 4.39 Å². The normalized spacial score (nSPS) is 12.6. The fraction of sp³-hybridized carbons (Fsp3) is 0.133. The maximum atomic E-state index is 13.1. The molecule has 2 aromatic carbocycles. The third-order valence-electron chi connectivity index (χ3n) is 3.15. The highest BCUT2D eigenvalue weighted by atomic mass is 79.9. The van der Waals surface area contributed by atoms with Gasteiger partial charge in [0.25, 0.3) is 0 Å². The highest BCUT2D eigenvalue weighted by Gasteiger charge is 2.09. The Morgan fingerprint density at radius 1 is 1.25 bits per heavy atom. The Labute approximate surface area is 124 Å². The number of nitrogens with zero attached hydrogens (tertiary/aromatic N) is 1. The fourth-order valence-corrected chi connectivity index (χ4v) is 2.53. The van der Waals surface area contributed by atoms with Crippen molar-refractivity contribution in [2.75, 3.05) is 5.32 Å². The Bertz CT molecular complexity index is 754. The molecule has 0 aliphatic heterocycles. The molecule has 1 heterocycles. The monoisotopic (exact) mass is 333 g/mol. The van der Waals surface area contributed by atoms with Gasteiger partial charge in [-0.3, -0.25) is 0 Å². The molecule has 20 heavy (non-hydrogen) atoms. The molecule has 1 atom stereocenters. The Morgan fingerprint density at radius 2 is 2.10 bits per heavy atom. The minimum absolute atomic E-state index is 0.0953. The molecule has 0 saturated heterocycles. The molecule has 2 N–H and O–H groups in total. The van der Waals surface area contributed by atoms with Gasteiger partial charge in [0, 0.05) is 4.47 Å². The summed E-state index contributed by atoms with van der Waals surface area (Å²) < 4.78 is 14.2. The maximum absolute atomic E-state index is 13.1. The zero-order valence-corrected chi connectivity index (χ0v) is 12.4. The molecule has 1 aromatic heterocycles. The van der Waals surface area contributed by atoms with Crippen molar-refractivity contribution >= 4 is 32.9 Å². The van der Waals surface area contributed by atoms with Crippen LogP contribution in [-0.2, 0) is 0 Å². The number of nitrogens with one attached hydrogen (secondary N) is 2. The van der Waals surface area contributed by atoms with Gasteiger partial charge in [0.2, 0.25) is 5.95 Å². The van der Waals surface area contributed by atoms with E-state index in [4.69, 9.17) is 0 Å². The van der Waals surface area contributed by atoms with Gasteiger partial charge in [0.05, 0.1) is 17.1 Å². The van der Waals surface area contributed by atoms with Crippen molar-refractivity contribution in [2.24, 2.45) is 0 Å². The van der Waals surface area contributed by atoms with Gasteiger partial charge in [-0.05, 0) is 42.8 Å². The summed E-state index contributed by atoms with van der Waals surface area (Å²) in [6.45, 7) is 2.05. The Kier molecular flexibility index (Phi) is 3.44. The SMILES string of the molecule is CC(Nc1nc2ccc(F)cc2[nH]1)c1cccc(Br)c1. The average molecular weight is 334 g/mol. The Morgan fingerprint density at radius 3 is 2.90 bits per heavy atom. The first kappa shape index (κ1) is 13.1. The van der Waals surface area contributed by atoms with E-state index in [1.54, 1.807) is 6.07 Å². The molecule has 3 rings (SSSR count). The van der Waals surface area contributed by atoms with Crippen molar-refractivity contribution in [3.63, 3.8) is 0 Å². The number of aromatic amines is 1. The predicted molar refractivity (Wildman–Crippen MR) is 82.2 cm³/mol. The molecule has 0 aliphatic rings. The second kappa shape index (κ2) is 5.25. The lowest BCUT2D eigenvalue weighted by Crippen LogP contribution is -2.07. The number of benzene rings is 2. The van der Waals surface area contributed by atoms with Crippen LogP contribution in [0.15, 0.2) is 46.9 Å². The van der Waals surface area contributed by atoms with Gasteiger partial charge in [0.15, 0.2) is 0 Å². The van der Waals surface area contributed by atoms with Crippen LogP contribution in [-0.4, -0.2) is 9.97 Å². The van der Waals surface area contributed by atoms with Gasteiger partial charge in [-0.1, -0.05) is 28.1 Å². The minimum Gasteiger partial charge on any atom is -0.349 e. The van der Waals surface area contributed by atoms with Crippen molar-refractivity contribution in [3.05, 3.63) is 58.3 Å². The summed E-state index contributed by atoms with van der Waals surface area (Å²) in [4.78, 5) is 7.47. The quantitative estimate of drug-likeness (QED) is 0.733. The van der Waals surface area contributed by atoms with E-state index in [0.717, 1.165) is 15.6 Å². The van der Waals surface area contributed by atoms with Crippen LogP contribution in [0.2, 0.25) is 0 Å². The van der Waals surface area contributed by atoms with E-state index in [1.165, 1.54) is 12.1 Å². The van der Waals surface area contributed by atoms with E-state index in [2.05, 4.69) is 44.2 Å². The number of hydrogen-bond donors (Lipinski definition) is 2. The molecule has 0 spiro atoms. The Balaban J connectivity index is 1.85. The van der Waals surface area contributed by atoms with Crippen molar-refractivity contribution in [1.82, 2.24) is 9.97 Å². The molecule has 0 aliphatic carbocycles. The van der Waals surface area contributed by atoms with Crippen LogP contribution in [0, 0.1) is 5.82 Å². The van der Waals surface area contributed by atoms with E-state index < -0.39 is 0 Å². The number of rotatable bonds is 3. The highest BCUT2D eigenvalue weighted by Crippen LogP contribution is 2.22. The van der Waals surface area contributed by atoms with E-state index in [-0.39, 0.29) is 11.9 Å². The number of H-pyrrole nitrogens is 1. The maximum Gasteiger partial charge on any atom is 0.201 e. The highest BCUT2D eigenvalue weighted by molar-refractivity contribution is 9.10. The second-order valence-electron chi connectivity index (χ2n) is 4.67. The molecule has 102 valence electrons. The van der Waals surface area contributed by atoms with Gasteiger partial charge in [-0.25, -0.2) is 9.37 Å². The number of aromatic nitrogens is 2. The lowest BCUT2D eigenvalue weighted by molar-refractivity contribution is 0.629. The standard InChI is InChI=1S/C15H13BrFN3/c1-9(10-3-2-4-11(16)7-10)18-15-19-13-6-5-12(17)8-14(13)20-15/h2-9H,1H3,(H2,18,19,20). The molecule has 3 nitrogen and oxygen atoms in total. The van der Waals surface area contributed by atoms with Gasteiger partial charge in [0.1, 0.15) is 5.82 Å². The zero-order valence-electron chi connectivity index (χ0n) is 10.8. The molecule has 0 fully saturated rings. The smallest absolute Gasteiger partial charge is 0.201 e. The minimum atomic E-state index is -0.271. The van der Waals surface area contributed by atoms with Gasteiger partial charge in [-0.15, -0.1) is 0 Å². The summed E-state index contributed by atoms with van der Waals surface area (Å²) in [5.41, 5.74) is 2.58. The van der Waals surface area contributed by atoms with Crippen molar-refractivity contribution < 1.29 is 4.39 Å². The summed E-state index contributed by atoms with van der Waals surface area (Å²) >= 11 is 3.46. The van der Waals surface area contributed by atoms with Gasteiger partial charge in [-0.2, -0.15) is 0 Å². The molecule has 0 saturated carbocycles. The van der Waals surface area contributed by atoms with E-state index >= 15 is 0 Å². The zero-order chi connectivity index (χ0) is 14.1. The topological polar surface area (TPSA) is 40.7 Å². The van der Waals surface area contributed by atoms with Crippen LogP contribution in [0.5, 0.6) is 0 Å². The average Bonchev–Trinajstić information content (AvgIpc) is 2.80. The first-order chi connectivity index (χ1) is 9.61. The van der Waals surface area contributed by atoms with Gasteiger partial charge < -0.3 is 10.3 Å². The first-order valence-corrected chi connectivity index (χ1v) is 7.08. The largest absolute Gasteiger partial charge is 0.349 e. The predicted octanol–water partition coefficient (Wildman–Crippen LogP) is 4.64. The molecule has 0 amide bonds. The third kappa shape index (κ3) is 2.67. The molecule has 0 radical (unpaired) electrons. The molecular weight excluding hydrogens is 321 g/mol. The summed E-state index contributed by atoms with van der Waals surface area (Å²) in [5.74, 6) is 0.366. The summed E-state index contributed by atoms with van der Waals surface area (Å²) in [6.07, 6.45) is 0. The fourth-order valence-electron chi connectivity index (χ4n) is 2.11. The van der Waals surface area contributed by atoms with Crippen molar-refractivity contribution in [2.45, 2.75) is 13.0 Å². The van der Waals surface area contributed by atoms with Crippen LogP contribution < -0.4 is 5.32 Å². The number of imidazole rings is 1. The second-order valence-corrected chi connectivity index (χ2v) is 5.58. The third-order valence-corrected chi connectivity index (χ3v) is 3.64. The van der Waals surface area contributed by atoms with E-state index in [1.807, 2.05) is 18.2 Å². The Hall–Kier alpha value is -1.88. The lowest BCUT2D eigenvalue weighted by Gasteiger charge is -2.13. The number of halogens is 2. The molecule has 1 unspecified atom stereocenters. The summed E-state index contributed by atoms with van der Waals surface area (Å²) in [7, 11) is 0. The van der Waals surface area contributed by atoms with Crippen molar-refractivity contribution in [3.8, 4) is 0 Å². The van der Waals surface area contributed by atoms with Gasteiger partial charge >= 0.3 is 0 Å². The van der Waals surface area contributed by atoms with Crippen LogP contribution in [0.25, 0.3) is 11.0 Å². The van der Waals surface area contributed by atoms with Crippen molar-refractivity contribution in [1.29, 1.82) is 0 Å². The number of hydrogen-bond acceptors (Lipinski definition) is 2. The van der Waals surface area contributed by atoms with Crippen LogP contribution in [0.1, 0.15) is 18.5 Å². The van der Waals surface area contributed by atoms with E-state index in [0.29, 0.717) is 11.5 Å². The molecule has 0 bridgehead atoms. The summed E-state index contributed by atoms with van der Waals surface area (Å²) in [6, 6.07) is 12.7. The number of fused-ring (bicyclic) bond motifs is 1. The van der Waals surface area contributed by atoms with Crippen LogP contribution >= 0.6 is 15.9 Å². The molecule has 3 aromatic rings. The number of anilines is 1. The first-order valence-electron chi connectivity index (χ1n) is 6.29. The lowest BCUT2D eigenvalue weighted by atomic mass is 10.1. The molecular formula is C15H13BrFN3.